The lowest BCUT2D eigenvalue weighted by Crippen LogP contribution is -2.45. The van der Waals surface area contributed by atoms with Gasteiger partial charge < -0.3 is 15.0 Å². The van der Waals surface area contributed by atoms with E-state index in [2.05, 4.69) is 15.5 Å². The third-order valence-corrected chi connectivity index (χ3v) is 6.25. The van der Waals surface area contributed by atoms with Gasteiger partial charge in [-0.05, 0) is 62.3 Å². The van der Waals surface area contributed by atoms with Crippen LogP contribution in [0.3, 0.4) is 0 Å². The average molecular weight is 401 g/mol. The second-order valence-electron chi connectivity index (χ2n) is 7.75. The number of urea groups is 1. The highest BCUT2D eigenvalue weighted by Gasteiger charge is 2.43. The molecule has 2 atom stereocenters. The van der Waals surface area contributed by atoms with Crippen LogP contribution in [0.1, 0.15) is 49.4 Å². The molecule has 1 aliphatic carbocycles. The molecule has 1 aromatic carbocycles. The molecule has 1 saturated heterocycles. The zero-order valence-corrected chi connectivity index (χ0v) is 16.0. The van der Waals surface area contributed by atoms with Gasteiger partial charge in [0.25, 0.3) is 5.56 Å². The number of anilines is 1. The molecule has 2 aliphatic heterocycles. The average Bonchev–Trinajstić information content (AvgIpc) is 2.94. The number of aromatic nitrogens is 2. The van der Waals surface area contributed by atoms with E-state index in [0.29, 0.717) is 22.9 Å². The van der Waals surface area contributed by atoms with Gasteiger partial charge in [-0.25, -0.2) is 9.89 Å². The van der Waals surface area contributed by atoms with Gasteiger partial charge in [0.05, 0.1) is 22.9 Å². The number of ether oxygens (including phenoxy) is 1. The van der Waals surface area contributed by atoms with E-state index >= 15 is 0 Å². The highest BCUT2D eigenvalue weighted by Crippen LogP contribution is 2.42. The number of benzene rings is 1. The van der Waals surface area contributed by atoms with Crippen molar-refractivity contribution < 1.29 is 9.53 Å². The lowest BCUT2D eigenvalue weighted by Gasteiger charge is -2.35. The first-order valence-corrected chi connectivity index (χ1v) is 10.1. The maximum absolute atomic E-state index is 13.0. The summed E-state index contributed by atoms with van der Waals surface area (Å²) in [6, 6.07) is 6.75. The number of aromatic amines is 1. The third-order valence-electron chi connectivity index (χ3n) is 5.96. The summed E-state index contributed by atoms with van der Waals surface area (Å²) in [7, 11) is 0. The molecule has 5 rings (SSSR count). The molecule has 2 amide bonds. The van der Waals surface area contributed by atoms with Crippen LogP contribution < -0.4 is 15.6 Å². The van der Waals surface area contributed by atoms with Crippen LogP contribution in [0.25, 0.3) is 0 Å². The van der Waals surface area contributed by atoms with Gasteiger partial charge in [-0.15, -0.1) is 0 Å². The van der Waals surface area contributed by atoms with Crippen LogP contribution >= 0.6 is 11.6 Å². The number of halogens is 1. The Morgan fingerprint density at radius 1 is 1.25 bits per heavy atom. The van der Waals surface area contributed by atoms with Crippen LogP contribution in [0.15, 0.2) is 29.1 Å². The van der Waals surface area contributed by atoms with Crippen molar-refractivity contribution in [2.45, 2.75) is 56.7 Å². The maximum atomic E-state index is 13.0. The fourth-order valence-electron chi connectivity index (χ4n) is 4.35. The predicted octanol–water partition coefficient (Wildman–Crippen LogP) is 3.65. The van der Waals surface area contributed by atoms with E-state index in [0.717, 1.165) is 36.9 Å². The van der Waals surface area contributed by atoms with Crippen molar-refractivity contribution in [3.63, 3.8) is 0 Å². The molecule has 0 spiro atoms. The largest absolute Gasteiger partial charge is 0.489 e. The van der Waals surface area contributed by atoms with E-state index in [4.69, 9.17) is 16.3 Å². The molecule has 7 nitrogen and oxygen atoms in total. The van der Waals surface area contributed by atoms with Crippen molar-refractivity contribution in [1.29, 1.82) is 0 Å². The van der Waals surface area contributed by atoms with Gasteiger partial charge in [0.1, 0.15) is 5.75 Å². The molecule has 2 N–H and O–H groups in total. The zero-order valence-electron chi connectivity index (χ0n) is 15.3. The zero-order chi connectivity index (χ0) is 19.3. The van der Waals surface area contributed by atoms with Crippen molar-refractivity contribution >= 4 is 23.3 Å². The first-order chi connectivity index (χ1) is 13.6. The second-order valence-corrected chi connectivity index (χ2v) is 8.15. The molecule has 2 fully saturated rings. The van der Waals surface area contributed by atoms with Crippen molar-refractivity contribution in [3.8, 4) is 5.75 Å². The first kappa shape index (κ1) is 17.6. The monoisotopic (exact) mass is 400 g/mol. The summed E-state index contributed by atoms with van der Waals surface area (Å²) in [6.45, 7) is 0. The molecule has 2 aromatic rings. The van der Waals surface area contributed by atoms with E-state index in [9.17, 15) is 9.59 Å². The molecule has 3 aliphatic rings. The van der Waals surface area contributed by atoms with E-state index in [1.54, 1.807) is 12.1 Å². The van der Waals surface area contributed by atoms with Gasteiger partial charge in [-0.2, -0.15) is 5.10 Å². The Bertz CT molecular complexity index is 988. The Kier molecular flexibility index (Phi) is 4.27. The molecule has 3 heterocycles. The van der Waals surface area contributed by atoms with Gasteiger partial charge in [-0.1, -0.05) is 11.6 Å². The van der Waals surface area contributed by atoms with Crippen molar-refractivity contribution in [3.05, 3.63) is 50.9 Å². The summed E-state index contributed by atoms with van der Waals surface area (Å²) in [5, 5.41) is 10.1. The van der Waals surface area contributed by atoms with Crippen LogP contribution in [-0.2, 0) is 6.42 Å². The SMILES string of the molecule is O=C(Nc1ccc(OC2CCC2)c(Cl)c1)N1C2CCC1c1n[nH]c(=O)cc1C2. The molecule has 8 heteroatoms. The van der Waals surface area contributed by atoms with Crippen LogP contribution in [0.2, 0.25) is 5.02 Å². The highest BCUT2D eigenvalue weighted by atomic mass is 35.5. The summed E-state index contributed by atoms with van der Waals surface area (Å²) in [5.74, 6) is 0.657. The molecule has 2 unspecified atom stereocenters. The number of rotatable bonds is 3. The van der Waals surface area contributed by atoms with E-state index in [1.807, 2.05) is 17.0 Å². The lowest BCUT2D eigenvalue weighted by molar-refractivity contribution is 0.120. The number of carbonyl (C=O) groups is 1. The minimum atomic E-state index is -0.199. The fourth-order valence-corrected chi connectivity index (χ4v) is 4.57. The Labute approximate surface area is 167 Å². The molecule has 0 radical (unpaired) electrons. The molecule has 28 heavy (non-hydrogen) atoms. The van der Waals surface area contributed by atoms with Crippen LogP contribution in [0.5, 0.6) is 5.75 Å². The standard InChI is InChI=1S/C20H21ClN4O3/c21-15-10-12(4-7-17(15)28-14-2-1-3-14)22-20(27)25-13-5-6-16(25)19-11(8-13)9-18(26)23-24-19/h4,7,9-10,13-14,16H,1-3,5-6,8H2,(H,22,27)(H,23,26). The molecular weight excluding hydrogens is 380 g/mol. The van der Waals surface area contributed by atoms with Crippen LogP contribution in [0.4, 0.5) is 10.5 Å². The van der Waals surface area contributed by atoms with Gasteiger partial charge in [0, 0.05) is 17.8 Å². The Morgan fingerprint density at radius 3 is 2.86 bits per heavy atom. The number of carbonyl (C=O) groups excluding carboxylic acids is 1. The summed E-state index contributed by atoms with van der Waals surface area (Å²) < 4.78 is 5.86. The summed E-state index contributed by atoms with van der Waals surface area (Å²) in [5.41, 5.74) is 2.18. The van der Waals surface area contributed by atoms with E-state index in [-0.39, 0.29) is 29.8 Å². The van der Waals surface area contributed by atoms with Crippen LogP contribution in [-0.4, -0.2) is 33.3 Å². The Balaban J connectivity index is 1.32. The van der Waals surface area contributed by atoms with Crippen molar-refractivity contribution in [2.75, 3.05) is 5.32 Å². The number of nitrogens with one attached hydrogen (secondary N) is 2. The lowest BCUT2D eigenvalue weighted by atomic mass is 9.96. The normalized spacial score (nSPS) is 23.1. The predicted molar refractivity (Wildman–Crippen MR) is 105 cm³/mol. The topological polar surface area (TPSA) is 87.3 Å². The number of amides is 2. The summed E-state index contributed by atoms with van der Waals surface area (Å²) in [4.78, 5) is 26.4. The number of H-pyrrole nitrogens is 1. The van der Waals surface area contributed by atoms with Crippen molar-refractivity contribution in [1.82, 2.24) is 15.1 Å². The third kappa shape index (κ3) is 3.03. The van der Waals surface area contributed by atoms with Gasteiger partial charge >= 0.3 is 6.03 Å². The molecule has 146 valence electrons. The minimum Gasteiger partial charge on any atom is -0.489 e. The molecular formula is C20H21ClN4O3. The number of fused-ring (bicyclic) bond motifs is 4. The Morgan fingerprint density at radius 2 is 2.11 bits per heavy atom. The second kappa shape index (κ2) is 6.81. The summed E-state index contributed by atoms with van der Waals surface area (Å²) >= 11 is 6.34. The van der Waals surface area contributed by atoms with Gasteiger partial charge in [0.2, 0.25) is 0 Å². The molecule has 2 bridgehead atoms. The summed E-state index contributed by atoms with van der Waals surface area (Å²) in [6.07, 6.45) is 5.98. The quantitative estimate of drug-likeness (QED) is 0.823. The number of hydrogen-bond donors (Lipinski definition) is 2. The number of nitrogens with zero attached hydrogens (tertiary/aromatic N) is 2. The highest BCUT2D eigenvalue weighted by molar-refractivity contribution is 6.32. The smallest absolute Gasteiger partial charge is 0.322 e. The fraction of sp³-hybridized carbons (Fsp3) is 0.450. The van der Waals surface area contributed by atoms with Crippen molar-refractivity contribution in [2.24, 2.45) is 0 Å². The molecule has 1 saturated carbocycles. The van der Waals surface area contributed by atoms with E-state index < -0.39 is 0 Å². The number of hydrogen-bond acceptors (Lipinski definition) is 4. The van der Waals surface area contributed by atoms with Crippen LogP contribution in [0, 0.1) is 0 Å². The first-order valence-electron chi connectivity index (χ1n) is 9.72. The molecule has 1 aromatic heterocycles. The maximum Gasteiger partial charge on any atom is 0.322 e. The van der Waals surface area contributed by atoms with Gasteiger partial charge in [0.15, 0.2) is 0 Å². The van der Waals surface area contributed by atoms with E-state index in [1.165, 1.54) is 6.42 Å². The van der Waals surface area contributed by atoms with Gasteiger partial charge in [-0.3, -0.25) is 4.79 Å². The minimum absolute atomic E-state index is 0.0813. The Hall–Kier alpha value is -2.54.